The van der Waals surface area contributed by atoms with E-state index in [-0.39, 0.29) is 12.2 Å². The number of Topliss-reactive ketones (excluding diaryl/α,β-unsaturated/α-hetero) is 1. The number of carbonyl (C=O) groups is 2. The first-order chi connectivity index (χ1) is 15.8. The van der Waals surface area contributed by atoms with Crippen LogP contribution in [0.1, 0.15) is 65.5 Å². The van der Waals surface area contributed by atoms with Gasteiger partial charge >= 0.3 is 0 Å². The van der Waals surface area contributed by atoms with E-state index in [0.29, 0.717) is 24.6 Å². The molecule has 1 aromatic rings. The fraction of sp³-hybridized carbons (Fsp3) is 0.640. The number of aliphatic hydroxyl groups is 2. The van der Waals surface area contributed by atoms with E-state index in [4.69, 9.17) is 9.15 Å². The summed E-state index contributed by atoms with van der Waals surface area (Å²) in [5.41, 5.74) is -0.102. The molecule has 2 heterocycles. The molecule has 1 aliphatic rings. The third kappa shape index (κ3) is 7.32. The van der Waals surface area contributed by atoms with Crippen molar-refractivity contribution in [1.82, 2.24) is 10.3 Å². The SMILES string of the molecule is C/C1=C/C[C@@H](/C(F)=C/c2coc(C)n2)NC(=O)C[C@H](O)C(C)(C)C(=O)[C@H](C)[C@H](O)[C@@H](C)OCC1. The Kier molecular flexibility index (Phi) is 9.73. The zero-order chi connectivity index (χ0) is 25.6. The minimum atomic E-state index is -1.33. The van der Waals surface area contributed by atoms with Crippen molar-refractivity contribution in [2.75, 3.05) is 6.61 Å². The second-order valence-corrected chi connectivity index (χ2v) is 9.64. The van der Waals surface area contributed by atoms with Gasteiger partial charge in [-0.3, -0.25) is 9.59 Å². The molecule has 0 aliphatic carbocycles. The average molecular weight is 481 g/mol. The van der Waals surface area contributed by atoms with Crippen molar-refractivity contribution in [2.45, 2.75) is 85.2 Å². The number of aliphatic hydroxyl groups excluding tert-OH is 2. The highest BCUT2D eigenvalue weighted by Gasteiger charge is 2.42. The Morgan fingerprint density at radius 3 is 2.56 bits per heavy atom. The fourth-order valence-corrected chi connectivity index (χ4v) is 3.85. The Balaban J connectivity index is 2.33. The van der Waals surface area contributed by atoms with Gasteiger partial charge in [0.25, 0.3) is 0 Å². The number of aromatic nitrogens is 1. The number of oxazole rings is 1. The predicted octanol–water partition coefficient (Wildman–Crippen LogP) is 3.27. The molecule has 34 heavy (non-hydrogen) atoms. The lowest BCUT2D eigenvalue weighted by Gasteiger charge is -2.34. The van der Waals surface area contributed by atoms with E-state index in [1.165, 1.54) is 26.2 Å². The van der Waals surface area contributed by atoms with Gasteiger partial charge in [0.2, 0.25) is 5.91 Å². The summed E-state index contributed by atoms with van der Waals surface area (Å²) in [5.74, 6) is -2.02. The van der Waals surface area contributed by atoms with Crippen LogP contribution >= 0.6 is 0 Å². The first-order valence-electron chi connectivity index (χ1n) is 11.6. The van der Waals surface area contributed by atoms with Gasteiger partial charge in [-0.2, -0.15) is 0 Å². The summed E-state index contributed by atoms with van der Waals surface area (Å²) in [7, 11) is 0. The Hall–Kier alpha value is -2.36. The Morgan fingerprint density at radius 2 is 1.94 bits per heavy atom. The molecular formula is C25H37FN2O6. The molecular weight excluding hydrogens is 443 g/mol. The highest BCUT2D eigenvalue weighted by Crippen LogP contribution is 2.30. The normalized spacial score (nSPS) is 32.1. The van der Waals surface area contributed by atoms with Crippen LogP contribution in [0.4, 0.5) is 4.39 Å². The third-order valence-corrected chi connectivity index (χ3v) is 6.42. The van der Waals surface area contributed by atoms with Crippen LogP contribution in [0, 0.1) is 18.3 Å². The minimum absolute atomic E-state index is 0.171. The van der Waals surface area contributed by atoms with E-state index >= 15 is 4.39 Å². The Morgan fingerprint density at radius 1 is 1.26 bits per heavy atom. The van der Waals surface area contributed by atoms with E-state index in [9.17, 15) is 19.8 Å². The Labute approximate surface area is 200 Å². The number of carbonyl (C=O) groups excluding carboxylic acids is 2. The number of halogens is 1. The van der Waals surface area contributed by atoms with E-state index in [1.807, 2.05) is 13.0 Å². The summed E-state index contributed by atoms with van der Waals surface area (Å²) in [4.78, 5) is 29.9. The van der Waals surface area contributed by atoms with Crippen LogP contribution in [-0.4, -0.2) is 57.8 Å². The van der Waals surface area contributed by atoms with Crippen molar-refractivity contribution in [3.05, 3.63) is 35.3 Å². The van der Waals surface area contributed by atoms with E-state index in [0.717, 1.165) is 5.57 Å². The number of ketones is 1. The topological polar surface area (TPSA) is 122 Å². The maximum atomic E-state index is 15.1. The number of nitrogens with one attached hydrogen (secondary N) is 1. The predicted molar refractivity (Wildman–Crippen MR) is 125 cm³/mol. The van der Waals surface area contributed by atoms with Gasteiger partial charge < -0.3 is 24.7 Å². The van der Waals surface area contributed by atoms with Crippen LogP contribution in [0.5, 0.6) is 0 Å². The van der Waals surface area contributed by atoms with Gasteiger partial charge in [-0.15, -0.1) is 0 Å². The molecule has 1 aromatic heterocycles. The molecule has 0 aromatic carbocycles. The molecule has 2 rings (SSSR count). The number of hydrogen-bond donors (Lipinski definition) is 3. The molecule has 3 N–H and O–H groups in total. The highest BCUT2D eigenvalue weighted by atomic mass is 19.1. The summed E-state index contributed by atoms with van der Waals surface area (Å²) in [5, 5.41) is 23.9. The molecule has 8 nitrogen and oxygen atoms in total. The van der Waals surface area contributed by atoms with Gasteiger partial charge in [0.15, 0.2) is 5.89 Å². The van der Waals surface area contributed by atoms with Crippen LogP contribution in [0.3, 0.4) is 0 Å². The molecule has 0 radical (unpaired) electrons. The second-order valence-electron chi connectivity index (χ2n) is 9.64. The van der Waals surface area contributed by atoms with Crippen molar-refractivity contribution in [3.8, 4) is 0 Å². The largest absolute Gasteiger partial charge is 0.449 e. The zero-order valence-electron chi connectivity index (χ0n) is 20.8. The maximum absolute atomic E-state index is 15.1. The van der Waals surface area contributed by atoms with Crippen molar-refractivity contribution < 1.29 is 33.3 Å². The van der Waals surface area contributed by atoms with Gasteiger partial charge in [0.1, 0.15) is 23.6 Å². The molecule has 0 fully saturated rings. The summed E-state index contributed by atoms with van der Waals surface area (Å²) in [6.07, 6.45) is 1.65. The molecule has 0 saturated heterocycles. The third-order valence-electron chi connectivity index (χ3n) is 6.42. The average Bonchev–Trinajstić information content (AvgIpc) is 3.18. The molecule has 1 aliphatic heterocycles. The minimum Gasteiger partial charge on any atom is -0.449 e. The van der Waals surface area contributed by atoms with Gasteiger partial charge in [0, 0.05) is 18.9 Å². The highest BCUT2D eigenvalue weighted by molar-refractivity contribution is 5.88. The first kappa shape index (κ1) is 27.9. The number of hydrogen-bond acceptors (Lipinski definition) is 7. The van der Waals surface area contributed by atoms with Crippen molar-refractivity contribution in [3.63, 3.8) is 0 Å². The van der Waals surface area contributed by atoms with Crippen molar-refractivity contribution in [1.29, 1.82) is 0 Å². The number of ether oxygens (including phenoxy) is 1. The van der Waals surface area contributed by atoms with Crippen LogP contribution in [-0.2, 0) is 14.3 Å². The summed E-state index contributed by atoms with van der Waals surface area (Å²) >= 11 is 0. The molecule has 0 saturated carbocycles. The number of rotatable bonds is 2. The Bertz CT molecular complexity index is 922. The van der Waals surface area contributed by atoms with Gasteiger partial charge in [-0.05, 0) is 26.7 Å². The van der Waals surface area contributed by atoms with E-state index in [2.05, 4.69) is 10.3 Å². The van der Waals surface area contributed by atoms with Gasteiger partial charge in [0.05, 0.1) is 42.8 Å². The van der Waals surface area contributed by atoms with Gasteiger partial charge in [-0.1, -0.05) is 32.4 Å². The monoisotopic (exact) mass is 480 g/mol. The van der Waals surface area contributed by atoms with Crippen LogP contribution in [0.2, 0.25) is 0 Å². The fourth-order valence-electron chi connectivity index (χ4n) is 3.85. The standard InChI is InChI=1S/C25H37FN2O6/c1-14-7-8-20(19(26)11-18-13-34-17(4)27-18)28-22(30)12-21(29)25(5,6)24(32)15(2)23(31)16(3)33-10-9-14/h7,11,13,15-16,20-21,23,29,31H,8-10,12H2,1-6H3,(H,28,30)/b14-7-,19-11-/t15-,16-,20+,21+,23+/m1/s1. The molecule has 0 unspecified atom stereocenters. The number of nitrogens with zero attached hydrogens (tertiary/aromatic N) is 1. The smallest absolute Gasteiger partial charge is 0.223 e. The maximum Gasteiger partial charge on any atom is 0.223 e. The first-order valence-corrected chi connectivity index (χ1v) is 11.6. The number of aryl methyl sites for hydroxylation is 1. The molecule has 190 valence electrons. The second kappa shape index (κ2) is 11.9. The quantitative estimate of drug-likeness (QED) is 0.556. The molecule has 5 atom stereocenters. The molecule has 1 amide bonds. The summed E-state index contributed by atoms with van der Waals surface area (Å²) in [6, 6.07) is -0.987. The molecule has 0 bridgehead atoms. The van der Waals surface area contributed by atoms with Gasteiger partial charge in [-0.25, -0.2) is 9.37 Å². The molecule has 0 spiro atoms. The van der Waals surface area contributed by atoms with E-state index in [1.54, 1.807) is 20.8 Å². The van der Waals surface area contributed by atoms with Crippen LogP contribution < -0.4 is 5.32 Å². The molecule has 9 heteroatoms. The van der Waals surface area contributed by atoms with Crippen LogP contribution in [0.25, 0.3) is 6.08 Å². The van der Waals surface area contributed by atoms with Crippen molar-refractivity contribution >= 4 is 17.8 Å². The lowest BCUT2D eigenvalue weighted by Crippen LogP contribution is -2.48. The van der Waals surface area contributed by atoms with Crippen molar-refractivity contribution in [2.24, 2.45) is 11.3 Å². The summed E-state index contributed by atoms with van der Waals surface area (Å²) in [6.45, 7) is 10.1. The van der Waals surface area contributed by atoms with Crippen LogP contribution in [0.15, 0.2) is 28.2 Å². The van der Waals surface area contributed by atoms with E-state index < -0.39 is 53.8 Å². The lowest BCUT2D eigenvalue weighted by molar-refractivity contribution is -0.145. The lowest BCUT2D eigenvalue weighted by atomic mass is 9.74. The summed E-state index contributed by atoms with van der Waals surface area (Å²) < 4.78 is 25.9. The number of amides is 1. The zero-order valence-corrected chi connectivity index (χ0v) is 20.8.